The second-order valence-corrected chi connectivity index (χ2v) is 5.78. The molecule has 3 rings (SSSR count). The van der Waals surface area contributed by atoms with E-state index in [9.17, 15) is 9.59 Å². The third-order valence-electron chi connectivity index (χ3n) is 4.10. The van der Waals surface area contributed by atoms with Gasteiger partial charge < -0.3 is 14.8 Å². The number of methoxy groups -OCH3 is 1. The fourth-order valence-corrected chi connectivity index (χ4v) is 2.81. The minimum atomic E-state index is -0.367. The lowest BCUT2D eigenvalue weighted by molar-refractivity contribution is 0.0600. The van der Waals surface area contributed by atoms with Crippen LogP contribution >= 0.6 is 0 Å². The van der Waals surface area contributed by atoms with Gasteiger partial charge in [0, 0.05) is 12.0 Å². The Kier molecular flexibility index (Phi) is 4.51. The lowest BCUT2D eigenvalue weighted by Crippen LogP contribution is -2.34. The van der Waals surface area contributed by atoms with Crippen molar-refractivity contribution in [2.75, 3.05) is 13.7 Å². The number of hydrogen-bond donors (Lipinski definition) is 1. The molecule has 0 radical (unpaired) electrons. The molecule has 5 nitrogen and oxygen atoms in total. The van der Waals surface area contributed by atoms with Gasteiger partial charge in [-0.2, -0.15) is 0 Å². The molecule has 0 unspecified atom stereocenters. The SMILES string of the molecule is COC(=O)c1ccc2c(c1)C[C@H](CNC(=O)c1ccccc1C)O2. The number of aryl methyl sites for hydroxylation is 1. The van der Waals surface area contributed by atoms with E-state index in [-0.39, 0.29) is 18.0 Å². The number of benzene rings is 2. The number of nitrogens with one attached hydrogen (secondary N) is 1. The van der Waals surface area contributed by atoms with Crippen LogP contribution in [0.15, 0.2) is 42.5 Å². The molecule has 1 amide bonds. The summed E-state index contributed by atoms with van der Waals surface area (Å²) in [7, 11) is 1.36. The van der Waals surface area contributed by atoms with Crippen molar-refractivity contribution in [1.82, 2.24) is 5.32 Å². The standard InChI is InChI=1S/C19H19NO4/c1-12-5-3-4-6-16(12)18(21)20-11-15-10-14-9-13(19(22)23-2)7-8-17(14)24-15/h3-9,15H,10-11H2,1-2H3,(H,20,21)/t15-/m1/s1. The van der Waals surface area contributed by atoms with Gasteiger partial charge in [0.2, 0.25) is 0 Å². The van der Waals surface area contributed by atoms with Gasteiger partial charge in [-0.05, 0) is 42.3 Å². The zero-order valence-electron chi connectivity index (χ0n) is 13.7. The topological polar surface area (TPSA) is 64.6 Å². The van der Waals surface area contributed by atoms with E-state index in [1.165, 1.54) is 7.11 Å². The smallest absolute Gasteiger partial charge is 0.337 e. The van der Waals surface area contributed by atoms with Crippen LogP contribution in [0, 0.1) is 6.92 Å². The van der Waals surface area contributed by atoms with Crippen LogP contribution in [0.5, 0.6) is 5.75 Å². The Morgan fingerprint density at radius 1 is 1.25 bits per heavy atom. The molecular weight excluding hydrogens is 306 g/mol. The van der Waals surface area contributed by atoms with Crippen LogP contribution in [-0.2, 0) is 11.2 Å². The Labute approximate surface area is 140 Å². The summed E-state index contributed by atoms with van der Waals surface area (Å²) in [5.41, 5.74) is 3.06. The molecule has 1 heterocycles. The van der Waals surface area contributed by atoms with Gasteiger partial charge in [-0.3, -0.25) is 4.79 Å². The third kappa shape index (κ3) is 3.25. The monoisotopic (exact) mass is 325 g/mol. The molecule has 124 valence electrons. The number of carbonyl (C=O) groups excluding carboxylic acids is 2. The second-order valence-electron chi connectivity index (χ2n) is 5.78. The predicted octanol–water partition coefficient (Wildman–Crippen LogP) is 2.52. The number of ether oxygens (including phenoxy) is 2. The zero-order chi connectivity index (χ0) is 17.1. The molecule has 0 spiro atoms. The van der Waals surface area contributed by atoms with Crippen molar-refractivity contribution in [3.05, 3.63) is 64.7 Å². The van der Waals surface area contributed by atoms with Crippen molar-refractivity contribution < 1.29 is 19.1 Å². The Morgan fingerprint density at radius 2 is 2.04 bits per heavy atom. The zero-order valence-corrected chi connectivity index (χ0v) is 13.7. The molecule has 24 heavy (non-hydrogen) atoms. The largest absolute Gasteiger partial charge is 0.488 e. The van der Waals surface area contributed by atoms with Gasteiger partial charge in [0.1, 0.15) is 11.9 Å². The number of fused-ring (bicyclic) bond motifs is 1. The average molecular weight is 325 g/mol. The van der Waals surface area contributed by atoms with E-state index in [0.717, 1.165) is 16.9 Å². The average Bonchev–Trinajstić information content (AvgIpc) is 3.01. The summed E-state index contributed by atoms with van der Waals surface area (Å²) in [5, 5.41) is 2.91. The number of hydrogen-bond acceptors (Lipinski definition) is 4. The molecule has 0 aliphatic carbocycles. The number of esters is 1. The van der Waals surface area contributed by atoms with Crippen LogP contribution < -0.4 is 10.1 Å². The lowest BCUT2D eigenvalue weighted by atomic mass is 10.1. The summed E-state index contributed by atoms with van der Waals surface area (Å²) >= 11 is 0. The fraction of sp³-hybridized carbons (Fsp3) is 0.263. The first-order valence-electron chi connectivity index (χ1n) is 7.80. The molecule has 1 aliphatic heterocycles. The summed E-state index contributed by atoms with van der Waals surface area (Å²) in [6, 6.07) is 12.7. The Bertz CT molecular complexity index is 785. The molecule has 0 aromatic heterocycles. The molecule has 0 saturated heterocycles. The Morgan fingerprint density at radius 3 is 2.79 bits per heavy atom. The fourth-order valence-electron chi connectivity index (χ4n) is 2.81. The van der Waals surface area contributed by atoms with Crippen LogP contribution in [0.2, 0.25) is 0 Å². The first-order valence-corrected chi connectivity index (χ1v) is 7.80. The van der Waals surface area contributed by atoms with Gasteiger partial charge >= 0.3 is 5.97 Å². The van der Waals surface area contributed by atoms with Gasteiger partial charge in [0.25, 0.3) is 5.91 Å². The van der Waals surface area contributed by atoms with Crippen molar-refractivity contribution in [3.63, 3.8) is 0 Å². The van der Waals surface area contributed by atoms with E-state index < -0.39 is 0 Å². The molecule has 0 fully saturated rings. The van der Waals surface area contributed by atoms with E-state index in [4.69, 9.17) is 9.47 Å². The highest BCUT2D eigenvalue weighted by Gasteiger charge is 2.24. The van der Waals surface area contributed by atoms with Gasteiger partial charge in [-0.15, -0.1) is 0 Å². The molecule has 2 aromatic rings. The van der Waals surface area contributed by atoms with Crippen LogP contribution in [0.3, 0.4) is 0 Å². The minimum absolute atomic E-state index is 0.108. The van der Waals surface area contributed by atoms with Gasteiger partial charge in [-0.25, -0.2) is 4.79 Å². The summed E-state index contributed by atoms with van der Waals surface area (Å²) in [6.07, 6.45) is 0.509. The number of rotatable bonds is 4. The molecule has 1 atom stereocenters. The second kappa shape index (κ2) is 6.74. The highest BCUT2D eigenvalue weighted by atomic mass is 16.5. The first kappa shape index (κ1) is 16.1. The van der Waals surface area contributed by atoms with Crippen molar-refractivity contribution in [1.29, 1.82) is 0 Å². The van der Waals surface area contributed by atoms with Crippen molar-refractivity contribution in [3.8, 4) is 5.75 Å². The maximum absolute atomic E-state index is 12.2. The van der Waals surface area contributed by atoms with Crippen LogP contribution in [0.25, 0.3) is 0 Å². The van der Waals surface area contributed by atoms with E-state index in [1.54, 1.807) is 24.3 Å². The molecule has 0 saturated carbocycles. The minimum Gasteiger partial charge on any atom is -0.488 e. The van der Waals surface area contributed by atoms with Crippen LogP contribution in [0.4, 0.5) is 0 Å². The molecule has 2 aromatic carbocycles. The number of amides is 1. The highest BCUT2D eigenvalue weighted by molar-refractivity contribution is 5.95. The van der Waals surface area contributed by atoms with E-state index >= 15 is 0 Å². The van der Waals surface area contributed by atoms with Crippen molar-refractivity contribution in [2.45, 2.75) is 19.4 Å². The molecule has 1 aliphatic rings. The lowest BCUT2D eigenvalue weighted by Gasteiger charge is -2.12. The van der Waals surface area contributed by atoms with Crippen LogP contribution in [-0.4, -0.2) is 31.6 Å². The quantitative estimate of drug-likeness (QED) is 0.877. The summed E-state index contributed by atoms with van der Waals surface area (Å²) in [4.78, 5) is 23.8. The van der Waals surface area contributed by atoms with Gasteiger partial charge in [0.15, 0.2) is 0 Å². The van der Waals surface area contributed by atoms with Crippen LogP contribution in [0.1, 0.15) is 31.8 Å². The molecular formula is C19H19NO4. The maximum atomic E-state index is 12.2. The number of carbonyl (C=O) groups is 2. The maximum Gasteiger partial charge on any atom is 0.337 e. The Hall–Kier alpha value is -2.82. The van der Waals surface area contributed by atoms with Crippen molar-refractivity contribution >= 4 is 11.9 Å². The first-order chi connectivity index (χ1) is 11.6. The van der Waals surface area contributed by atoms with Crippen molar-refractivity contribution in [2.24, 2.45) is 0 Å². The Balaban J connectivity index is 1.61. The van der Waals surface area contributed by atoms with E-state index in [2.05, 4.69) is 5.32 Å². The molecule has 5 heteroatoms. The predicted molar refractivity (Wildman–Crippen MR) is 89.4 cm³/mol. The van der Waals surface area contributed by atoms with E-state index in [0.29, 0.717) is 24.1 Å². The highest BCUT2D eigenvalue weighted by Crippen LogP contribution is 2.29. The molecule has 1 N–H and O–H groups in total. The van der Waals surface area contributed by atoms with Gasteiger partial charge in [0.05, 0.1) is 19.2 Å². The summed E-state index contributed by atoms with van der Waals surface area (Å²) < 4.78 is 10.6. The summed E-state index contributed by atoms with van der Waals surface area (Å²) in [5.74, 6) is 0.273. The van der Waals surface area contributed by atoms with Gasteiger partial charge in [-0.1, -0.05) is 18.2 Å². The normalized spacial score (nSPS) is 15.3. The third-order valence-corrected chi connectivity index (χ3v) is 4.10. The van der Waals surface area contributed by atoms with E-state index in [1.807, 2.05) is 25.1 Å². The summed E-state index contributed by atoms with van der Waals surface area (Å²) in [6.45, 7) is 2.32. The molecule has 0 bridgehead atoms.